The predicted molar refractivity (Wildman–Crippen MR) is 60.0 cm³/mol. The Labute approximate surface area is 98.3 Å². The van der Waals surface area contributed by atoms with Crippen molar-refractivity contribution < 1.29 is 19.2 Å². The Bertz CT molecular complexity index is 430. The number of nitrogens with zero attached hydrogens (tertiary/aromatic N) is 1. The molecule has 0 saturated heterocycles. The molecule has 0 saturated carbocycles. The molecule has 17 heavy (non-hydrogen) atoms. The molecule has 0 N–H and O–H groups in total. The molecule has 0 heterocycles. The lowest BCUT2D eigenvalue weighted by atomic mass is 10.1. The molecule has 0 atom stereocenters. The SMILES string of the molecule is CCOc1ccc(CC(=O)OC)cc1[N+](=O)[O-]. The minimum atomic E-state index is -0.536. The third-order valence-electron chi connectivity index (χ3n) is 2.10. The summed E-state index contributed by atoms with van der Waals surface area (Å²) in [5.74, 6) is -0.241. The number of nitro benzene ring substituents is 1. The molecule has 0 amide bonds. The molecule has 0 radical (unpaired) electrons. The van der Waals surface area contributed by atoms with Crippen molar-refractivity contribution >= 4 is 11.7 Å². The maximum absolute atomic E-state index is 11.0. The largest absolute Gasteiger partial charge is 0.487 e. The van der Waals surface area contributed by atoms with Crippen molar-refractivity contribution in [3.05, 3.63) is 33.9 Å². The van der Waals surface area contributed by atoms with Crippen LogP contribution in [0.4, 0.5) is 5.69 Å². The van der Waals surface area contributed by atoms with E-state index in [-0.39, 0.29) is 17.9 Å². The molecule has 0 bridgehead atoms. The first-order valence-electron chi connectivity index (χ1n) is 5.05. The van der Waals surface area contributed by atoms with Gasteiger partial charge in [0.1, 0.15) is 0 Å². The number of carbonyl (C=O) groups is 1. The Morgan fingerprint density at radius 2 is 2.18 bits per heavy atom. The van der Waals surface area contributed by atoms with Gasteiger partial charge in [0.05, 0.1) is 25.1 Å². The third-order valence-corrected chi connectivity index (χ3v) is 2.10. The second-order valence-electron chi connectivity index (χ2n) is 3.25. The molecule has 1 aromatic rings. The topological polar surface area (TPSA) is 78.7 Å². The van der Waals surface area contributed by atoms with Crippen LogP contribution in [-0.4, -0.2) is 24.6 Å². The van der Waals surface area contributed by atoms with Gasteiger partial charge in [0.15, 0.2) is 5.75 Å². The van der Waals surface area contributed by atoms with Gasteiger partial charge in [-0.15, -0.1) is 0 Å². The smallest absolute Gasteiger partial charge is 0.311 e. The van der Waals surface area contributed by atoms with E-state index in [0.717, 1.165) is 0 Å². The van der Waals surface area contributed by atoms with Crippen LogP contribution in [-0.2, 0) is 16.0 Å². The van der Waals surface area contributed by atoms with Crippen molar-refractivity contribution in [2.45, 2.75) is 13.3 Å². The summed E-state index contributed by atoms with van der Waals surface area (Å²) in [5.41, 5.74) is 0.375. The summed E-state index contributed by atoms with van der Waals surface area (Å²) in [4.78, 5) is 21.3. The van der Waals surface area contributed by atoms with Crippen LogP contribution in [0.2, 0.25) is 0 Å². The molecule has 6 nitrogen and oxygen atoms in total. The lowest BCUT2D eigenvalue weighted by Crippen LogP contribution is -2.05. The number of nitro groups is 1. The van der Waals surface area contributed by atoms with E-state index in [9.17, 15) is 14.9 Å². The minimum Gasteiger partial charge on any atom is -0.487 e. The van der Waals surface area contributed by atoms with Crippen LogP contribution < -0.4 is 4.74 Å². The highest BCUT2D eigenvalue weighted by Crippen LogP contribution is 2.28. The van der Waals surface area contributed by atoms with Crippen LogP contribution in [0, 0.1) is 10.1 Å². The number of benzene rings is 1. The van der Waals surface area contributed by atoms with Crippen molar-refractivity contribution in [3.63, 3.8) is 0 Å². The molecule has 1 aromatic carbocycles. The average molecular weight is 239 g/mol. The number of carbonyl (C=O) groups excluding carboxylic acids is 1. The van der Waals surface area contributed by atoms with Gasteiger partial charge >= 0.3 is 11.7 Å². The van der Waals surface area contributed by atoms with E-state index in [1.54, 1.807) is 13.0 Å². The molecule has 6 heteroatoms. The second kappa shape index (κ2) is 5.83. The van der Waals surface area contributed by atoms with E-state index in [0.29, 0.717) is 12.2 Å². The molecule has 0 aliphatic rings. The predicted octanol–water partition coefficient (Wildman–Crippen LogP) is 1.71. The van der Waals surface area contributed by atoms with E-state index < -0.39 is 10.9 Å². The van der Waals surface area contributed by atoms with Gasteiger partial charge in [0, 0.05) is 6.07 Å². The van der Waals surface area contributed by atoms with Gasteiger partial charge in [-0.2, -0.15) is 0 Å². The van der Waals surface area contributed by atoms with E-state index in [2.05, 4.69) is 4.74 Å². The summed E-state index contributed by atoms with van der Waals surface area (Å²) in [6, 6.07) is 4.41. The summed E-state index contributed by atoms with van der Waals surface area (Å²) in [6.45, 7) is 2.09. The zero-order valence-electron chi connectivity index (χ0n) is 9.63. The normalized spacial score (nSPS) is 9.76. The zero-order valence-corrected chi connectivity index (χ0v) is 9.63. The van der Waals surface area contributed by atoms with Crippen molar-refractivity contribution in [2.75, 3.05) is 13.7 Å². The first-order chi connectivity index (χ1) is 8.08. The molecule has 1 rings (SSSR count). The lowest BCUT2D eigenvalue weighted by molar-refractivity contribution is -0.385. The summed E-state index contributed by atoms with van der Waals surface area (Å²) in [6.07, 6.45) is 0.00372. The van der Waals surface area contributed by atoms with Gasteiger partial charge in [-0.3, -0.25) is 14.9 Å². The maximum Gasteiger partial charge on any atom is 0.311 e. The number of rotatable bonds is 5. The number of hydrogen-bond donors (Lipinski definition) is 0. The van der Waals surface area contributed by atoms with Crippen LogP contribution in [0.1, 0.15) is 12.5 Å². The minimum absolute atomic E-state index is 0.00372. The third kappa shape index (κ3) is 3.44. The Morgan fingerprint density at radius 1 is 1.47 bits per heavy atom. The van der Waals surface area contributed by atoms with Gasteiger partial charge in [0.2, 0.25) is 0 Å². The Morgan fingerprint density at radius 3 is 2.71 bits per heavy atom. The van der Waals surface area contributed by atoms with Crippen LogP contribution in [0.15, 0.2) is 18.2 Å². The fourth-order valence-corrected chi connectivity index (χ4v) is 1.33. The molecule has 92 valence electrons. The highest BCUT2D eigenvalue weighted by atomic mass is 16.6. The molecular weight excluding hydrogens is 226 g/mol. The highest BCUT2D eigenvalue weighted by Gasteiger charge is 2.16. The van der Waals surface area contributed by atoms with Gasteiger partial charge in [-0.25, -0.2) is 0 Å². The summed E-state index contributed by atoms with van der Waals surface area (Å²) >= 11 is 0. The standard InChI is InChI=1S/C11H13NO5/c1-3-17-10-5-4-8(7-11(13)16-2)6-9(10)12(14)15/h4-6H,3,7H2,1-2H3. The van der Waals surface area contributed by atoms with Gasteiger partial charge in [0.25, 0.3) is 0 Å². The average Bonchev–Trinajstić information content (AvgIpc) is 2.31. The molecule has 0 spiro atoms. The van der Waals surface area contributed by atoms with E-state index in [4.69, 9.17) is 4.74 Å². The van der Waals surface area contributed by atoms with Gasteiger partial charge in [-0.1, -0.05) is 6.07 Å². The molecule has 0 aromatic heterocycles. The number of hydrogen-bond acceptors (Lipinski definition) is 5. The monoisotopic (exact) mass is 239 g/mol. The first kappa shape index (κ1) is 13.0. The number of ether oxygens (including phenoxy) is 2. The Balaban J connectivity index is 3.01. The Hall–Kier alpha value is -2.11. The van der Waals surface area contributed by atoms with Gasteiger partial charge in [-0.05, 0) is 18.6 Å². The number of esters is 1. The lowest BCUT2D eigenvalue weighted by Gasteiger charge is -2.05. The van der Waals surface area contributed by atoms with Crippen LogP contribution in [0.25, 0.3) is 0 Å². The van der Waals surface area contributed by atoms with Crippen LogP contribution in [0.5, 0.6) is 5.75 Å². The fraction of sp³-hybridized carbons (Fsp3) is 0.364. The summed E-state index contributed by atoms with van der Waals surface area (Å²) in [7, 11) is 1.27. The van der Waals surface area contributed by atoms with Crippen LogP contribution >= 0.6 is 0 Å². The molecular formula is C11H13NO5. The second-order valence-corrected chi connectivity index (χ2v) is 3.25. The van der Waals surface area contributed by atoms with Gasteiger partial charge < -0.3 is 9.47 Å². The Kier molecular flexibility index (Phi) is 4.45. The van der Waals surface area contributed by atoms with E-state index >= 15 is 0 Å². The molecule has 0 aliphatic carbocycles. The van der Waals surface area contributed by atoms with E-state index in [1.807, 2.05) is 0 Å². The zero-order chi connectivity index (χ0) is 12.8. The van der Waals surface area contributed by atoms with Crippen LogP contribution in [0.3, 0.4) is 0 Å². The molecule has 0 aliphatic heterocycles. The van der Waals surface area contributed by atoms with Crippen molar-refractivity contribution in [2.24, 2.45) is 0 Å². The first-order valence-corrected chi connectivity index (χ1v) is 5.05. The quantitative estimate of drug-likeness (QED) is 0.444. The van der Waals surface area contributed by atoms with Crippen molar-refractivity contribution in [1.82, 2.24) is 0 Å². The summed E-state index contributed by atoms with van der Waals surface area (Å²) < 4.78 is 9.62. The summed E-state index contributed by atoms with van der Waals surface area (Å²) in [5, 5.41) is 10.8. The van der Waals surface area contributed by atoms with E-state index in [1.165, 1.54) is 19.2 Å². The molecule has 0 unspecified atom stereocenters. The number of methoxy groups -OCH3 is 1. The molecule has 0 fully saturated rings. The maximum atomic E-state index is 11.0. The van der Waals surface area contributed by atoms with Crippen molar-refractivity contribution in [1.29, 1.82) is 0 Å². The van der Waals surface area contributed by atoms with Crippen molar-refractivity contribution in [3.8, 4) is 5.75 Å². The highest BCUT2D eigenvalue weighted by molar-refractivity contribution is 5.73. The fourth-order valence-electron chi connectivity index (χ4n) is 1.33.